The Morgan fingerprint density at radius 1 is 1.07 bits per heavy atom. The Kier molecular flexibility index (Phi) is 4.78. The number of amides is 3. The third kappa shape index (κ3) is 3.37. The molecule has 2 atom stereocenters. The van der Waals surface area contributed by atoms with Crippen molar-refractivity contribution in [3.63, 3.8) is 0 Å². The zero-order valence-corrected chi connectivity index (χ0v) is 17.0. The number of aromatic nitrogens is 2. The lowest BCUT2D eigenvalue weighted by molar-refractivity contribution is -0.142. The largest absolute Gasteiger partial charge is 0.309 e. The Morgan fingerprint density at radius 3 is 2.47 bits per heavy atom. The summed E-state index contributed by atoms with van der Waals surface area (Å²) >= 11 is 1.58. The Balaban J connectivity index is 1.25. The predicted octanol–water partition coefficient (Wildman–Crippen LogP) is 3.47. The highest BCUT2D eigenvalue weighted by Gasteiger charge is 2.48. The van der Waals surface area contributed by atoms with E-state index in [1.54, 1.807) is 23.6 Å². The molecule has 0 bridgehead atoms. The average Bonchev–Trinajstić information content (AvgIpc) is 3.30. The van der Waals surface area contributed by atoms with Crippen LogP contribution in [0.25, 0.3) is 20.8 Å². The molecule has 1 aliphatic heterocycles. The van der Waals surface area contributed by atoms with E-state index in [2.05, 4.69) is 15.3 Å². The molecule has 2 fully saturated rings. The fraction of sp³-hybridized carbons (Fsp3) is 0.318. The van der Waals surface area contributed by atoms with Gasteiger partial charge in [-0.1, -0.05) is 25.0 Å². The van der Waals surface area contributed by atoms with Gasteiger partial charge in [0.2, 0.25) is 17.7 Å². The number of fused-ring (bicyclic) bond motifs is 2. The van der Waals surface area contributed by atoms with Crippen LogP contribution in [0, 0.1) is 11.8 Å². The quantitative estimate of drug-likeness (QED) is 0.653. The van der Waals surface area contributed by atoms with Crippen molar-refractivity contribution in [1.82, 2.24) is 14.9 Å². The number of carbonyl (C=O) groups excluding carboxylic acids is 3. The minimum Gasteiger partial charge on any atom is -0.309 e. The van der Waals surface area contributed by atoms with Crippen molar-refractivity contribution in [3.8, 4) is 10.6 Å². The van der Waals surface area contributed by atoms with Crippen LogP contribution in [0.3, 0.4) is 0 Å². The zero-order chi connectivity index (χ0) is 20.7. The van der Waals surface area contributed by atoms with E-state index in [-0.39, 0.29) is 30.2 Å². The van der Waals surface area contributed by atoms with Crippen molar-refractivity contribution in [2.24, 2.45) is 11.8 Å². The third-order valence-electron chi connectivity index (χ3n) is 5.81. The van der Waals surface area contributed by atoms with Gasteiger partial charge in [0.1, 0.15) is 17.4 Å². The molecule has 1 N–H and O–H groups in total. The van der Waals surface area contributed by atoms with Gasteiger partial charge in [-0.25, -0.2) is 9.97 Å². The van der Waals surface area contributed by atoms with E-state index >= 15 is 0 Å². The van der Waals surface area contributed by atoms with Crippen LogP contribution in [0.1, 0.15) is 25.7 Å². The number of carbonyl (C=O) groups is 3. The van der Waals surface area contributed by atoms with Crippen molar-refractivity contribution in [2.45, 2.75) is 25.7 Å². The number of thiazole rings is 1. The van der Waals surface area contributed by atoms with E-state index in [4.69, 9.17) is 0 Å². The van der Waals surface area contributed by atoms with Gasteiger partial charge in [-0.2, -0.15) is 0 Å². The second kappa shape index (κ2) is 7.60. The highest BCUT2D eigenvalue weighted by Crippen LogP contribution is 2.38. The van der Waals surface area contributed by atoms with Crippen LogP contribution in [0.15, 0.2) is 42.6 Å². The van der Waals surface area contributed by atoms with E-state index in [0.29, 0.717) is 5.82 Å². The van der Waals surface area contributed by atoms with E-state index < -0.39 is 5.91 Å². The first-order valence-corrected chi connectivity index (χ1v) is 10.9. The fourth-order valence-electron chi connectivity index (χ4n) is 4.30. The molecule has 1 aliphatic carbocycles. The summed E-state index contributed by atoms with van der Waals surface area (Å²) in [4.78, 5) is 47.5. The van der Waals surface area contributed by atoms with E-state index in [1.807, 2.05) is 30.3 Å². The molecule has 3 amide bonds. The molecule has 152 valence electrons. The Bertz CT molecular complexity index is 1080. The van der Waals surface area contributed by atoms with Gasteiger partial charge in [0, 0.05) is 11.8 Å². The van der Waals surface area contributed by atoms with E-state index in [9.17, 15) is 14.4 Å². The maximum absolute atomic E-state index is 12.5. The summed E-state index contributed by atoms with van der Waals surface area (Å²) in [5, 5.41) is 3.54. The highest BCUT2D eigenvalue weighted by atomic mass is 32.1. The van der Waals surface area contributed by atoms with Crippen LogP contribution in [0.4, 0.5) is 5.82 Å². The van der Waals surface area contributed by atoms with E-state index in [0.717, 1.165) is 51.4 Å². The fourth-order valence-corrected chi connectivity index (χ4v) is 5.26. The number of imide groups is 1. The normalized spacial score (nSPS) is 21.1. The van der Waals surface area contributed by atoms with Gasteiger partial charge in [-0.05, 0) is 37.1 Å². The summed E-state index contributed by atoms with van der Waals surface area (Å²) in [6.07, 6.45) is 5.06. The Labute approximate surface area is 177 Å². The number of likely N-dealkylation sites (tertiary alicyclic amines) is 1. The van der Waals surface area contributed by atoms with E-state index in [1.165, 1.54) is 0 Å². The molecule has 3 aromatic rings. The molecule has 7 nitrogen and oxygen atoms in total. The topological polar surface area (TPSA) is 92.3 Å². The summed E-state index contributed by atoms with van der Waals surface area (Å²) in [5.41, 5.74) is 1.80. The number of nitrogens with one attached hydrogen (secondary N) is 1. The summed E-state index contributed by atoms with van der Waals surface area (Å²) in [6, 6.07) is 11.5. The number of benzene rings is 1. The predicted molar refractivity (Wildman–Crippen MR) is 114 cm³/mol. The van der Waals surface area contributed by atoms with Gasteiger partial charge in [0.25, 0.3) is 0 Å². The number of hydrogen-bond donors (Lipinski definition) is 1. The summed E-state index contributed by atoms with van der Waals surface area (Å²) in [7, 11) is 0. The average molecular weight is 420 g/mol. The first-order chi connectivity index (χ1) is 14.6. The molecule has 1 saturated carbocycles. The number of pyridine rings is 1. The molecule has 8 heteroatoms. The Morgan fingerprint density at radius 2 is 1.80 bits per heavy atom. The lowest BCUT2D eigenvalue weighted by Crippen LogP contribution is -2.38. The van der Waals surface area contributed by atoms with Crippen molar-refractivity contribution < 1.29 is 14.4 Å². The molecule has 0 radical (unpaired) electrons. The van der Waals surface area contributed by atoms with Gasteiger partial charge >= 0.3 is 0 Å². The summed E-state index contributed by atoms with van der Waals surface area (Å²) in [6.45, 7) is -0.258. The maximum Gasteiger partial charge on any atom is 0.245 e. The van der Waals surface area contributed by atoms with Gasteiger partial charge in [-0.15, -0.1) is 11.3 Å². The van der Waals surface area contributed by atoms with Crippen molar-refractivity contribution in [1.29, 1.82) is 0 Å². The van der Waals surface area contributed by atoms with Crippen LogP contribution < -0.4 is 5.32 Å². The molecular formula is C22H20N4O3S. The van der Waals surface area contributed by atoms with Gasteiger partial charge in [-0.3, -0.25) is 19.3 Å². The van der Waals surface area contributed by atoms with Crippen LogP contribution in [-0.2, 0) is 14.4 Å². The lowest BCUT2D eigenvalue weighted by Gasteiger charge is -2.19. The monoisotopic (exact) mass is 420 g/mol. The van der Waals surface area contributed by atoms with Crippen LogP contribution >= 0.6 is 11.3 Å². The van der Waals surface area contributed by atoms with Crippen LogP contribution in [0.2, 0.25) is 0 Å². The standard InChI is InChI=1S/C22H20N4O3S/c27-19(12-26-21(28)14-5-1-2-6-15(14)22(26)29)25-18-10-9-13(11-23-18)20-24-16-7-3-4-8-17(16)30-20/h3-4,7-11,14-15H,1-2,5-6,12H2,(H,23,25,27). The molecule has 5 rings (SSSR count). The van der Waals surface area contributed by atoms with Crippen molar-refractivity contribution in [3.05, 3.63) is 42.6 Å². The minimum absolute atomic E-state index is 0.209. The number of nitrogens with zero attached hydrogens (tertiary/aromatic N) is 3. The Hall–Kier alpha value is -3.13. The maximum atomic E-state index is 12.5. The second-order valence-corrected chi connectivity index (χ2v) is 8.76. The van der Waals surface area contributed by atoms with Gasteiger partial charge in [0.15, 0.2) is 0 Å². The summed E-state index contributed by atoms with van der Waals surface area (Å²) < 4.78 is 1.10. The number of hydrogen-bond acceptors (Lipinski definition) is 6. The molecule has 2 aromatic heterocycles. The number of anilines is 1. The molecule has 30 heavy (non-hydrogen) atoms. The summed E-state index contributed by atoms with van der Waals surface area (Å²) in [5.74, 6) is -0.953. The van der Waals surface area contributed by atoms with Crippen LogP contribution in [-0.4, -0.2) is 39.1 Å². The van der Waals surface area contributed by atoms with Crippen LogP contribution in [0.5, 0.6) is 0 Å². The molecule has 1 saturated heterocycles. The molecule has 2 unspecified atom stereocenters. The highest BCUT2D eigenvalue weighted by molar-refractivity contribution is 7.21. The minimum atomic E-state index is -0.421. The molecule has 2 aliphatic rings. The number of para-hydroxylation sites is 1. The van der Waals surface area contributed by atoms with Crippen molar-refractivity contribution in [2.75, 3.05) is 11.9 Å². The number of rotatable bonds is 4. The van der Waals surface area contributed by atoms with Crippen molar-refractivity contribution >= 4 is 45.1 Å². The SMILES string of the molecule is O=C(CN1C(=O)C2CCCCC2C1=O)Nc1ccc(-c2nc3ccccc3s2)cn1. The third-order valence-corrected chi connectivity index (χ3v) is 6.89. The molecule has 0 spiro atoms. The van der Waals surface area contributed by atoms with Gasteiger partial charge in [0.05, 0.1) is 22.1 Å². The second-order valence-electron chi connectivity index (χ2n) is 7.73. The zero-order valence-electron chi connectivity index (χ0n) is 16.2. The molecular weight excluding hydrogens is 400 g/mol. The van der Waals surface area contributed by atoms with Gasteiger partial charge < -0.3 is 5.32 Å². The lowest BCUT2D eigenvalue weighted by atomic mass is 9.81. The first-order valence-electron chi connectivity index (χ1n) is 10.1. The smallest absolute Gasteiger partial charge is 0.245 e. The molecule has 3 heterocycles. The first kappa shape index (κ1) is 18.9. The molecule has 1 aromatic carbocycles.